The summed E-state index contributed by atoms with van der Waals surface area (Å²) in [6.07, 6.45) is 0. The van der Waals surface area contributed by atoms with Crippen molar-refractivity contribution in [2.45, 2.75) is 10.4 Å². The Kier molecular flexibility index (Phi) is 6.30. The fraction of sp³-hybridized carbons (Fsp3) is 0.267. The van der Waals surface area contributed by atoms with Crippen LogP contribution in [0.15, 0.2) is 36.4 Å². The van der Waals surface area contributed by atoms with Gasteiger partial charge in [0.15, 0.2) is 5.82 Å². The zero-order chi connectivity index (χ0) is 16.9. The topological polar surface area (TPSA) is 40.6 Å². The Bertz CT molecular complexity index is 647. The lowest BCUT2D eigenvalue weighted by atomic mass is 10.3. The maximum Gasteiger partial charge on any atom is 0.256 e. The van der Waals surface area contributed by atoms with E-state index < -0.39 is 9.61 Å². The van der Waals surface area contributed by atoms with Crippen molar-refractivity contribution in [3.63, 3.8) is 0 Å². The van der Waals surface area contributed by atoms with E-state index in [0.717, 1.165) is 0 Å². The molecule has 2 aromatic rings. The molecule has 0 aliphatic heterocycles. The van der Waals surface area contributed by atoms with Gasteiger partial charge in [0, 0.05) is 0 Å². The van der Waals surface area contributed by atoms with Gasteiger partial charge in [-0.25, -0.2) is 9.37 Å². The number of methoxy groups -OCH3 is 1. The van der Waals surface area contributed by atoms with Crippen molar-refractivity contribution in [2.24, 2.45) is 0 Å². The largest absolute Gasteiger partial charge is 0.497 e. The lowest BCUT2D eigenvalue weighted by molar-refractivity contribution is 0.122. The Morgan fingerprint density at radius 1 is 1.04 bits per heavy atom. The Labute approximate surface area is 148 Å². The molecule has 0 amide bonds. The van der Waals surface area contributed by atoms with Gasteiger partial charge in [-0.2, -0.15) is 0 Å². The van der Waals surface area contributed by atoms with Gasteiger partial charge in [0.05, 0.1) is 26.0 Å². The SMILES string of the molecule is COc1ccc(Oc2nc(COCC(Cl)(Cl)Cl)ccc2F)cc1. The molecule has 0 atom stereocenters. The first-order valence-electron chi connectivity index (χ1n) is 6.49. The molecule has 23 heavy (non-hydrogen) atoms. The molecular formula is C15H13Cl3FNO3. The maximum absolute atomic E-state index is 13.8. The number of benzene rings is 1. The molecular weight excluding hydrogens is 368 g/mol. The van der Waals surface area contributed by atoms with Crippen molar-refractivity contribution in [2.75, 3.05) is 13.7 Å². The molecule has 0 saturated heterocycles. The van der Waals surface area contributed by atoms with Crippen molar-refractivity contribution < 1.29 is 18.6 Å². The molecule has 8 heteroatoms. The number of hydrogen-bond acceptors (Lipinski definition) is 4. The average molecular weight is 381 g/mol. The Morgan fingerprint density at radius 3 is 2.30 bits per heavy atom. The van der Waals surface area contributed by atoms with E-state index in [0.29, 0.717) is 17.2 Å². The molecule has 4 nitrogen and oxygen atoms in total. The fourth-order valence-corrected chi connectivity index (χ4v) is 1.87. The van der Waals surface area contributed by atoms with E-state index in [2.05, 4.69) is 4.98 Å². The number of hydrogen-bond donors (Lipinski definition) is 0. The van der Waals surface area contributed by atoms with Gasteiger partial charge >= 0.3 is 0 Å². The minimum Gasteiger partial charge on any atom is -0.497 e. The molecule has 1 aromatic carbocycles. The summed E-state index contributed by atoms with van der Waals surface area (Å²) in [5, 5.41) is 0. The van der Waals surface area contributed by atoms with Crippen molar-refractivity contribution in [1.29, 1.82) is 0 Å². The van der Waals surface area contributed by atoms with Gasteiger partial charge in [-0.1, -0.05) is 34.8 Å². The third-order valence-corrected chi connectivity index (χ3v) is 2.99. The van der Waals surface area contributed by atoms with Gasteiger partial charge in [-0.3, -0.25) is 0 Å². The van der Waals surface area contributed by atoms with Crippen LogP contribution in [0.25, 0.3) is 0 Å². The summed E-state index contributed by atoms with van der Waals surface area (Å²) >= 11 is 16.7. The molecule has 0 aliphatic rings. The maximum atomic E-state index is 13.8. The normalized spacial score (nSPS) is 11.3. The number of ether oxygens (including phenoxy) is 3. The first-order chi connectivity index (χ1) is 10.9. The summed E-state index contributed by atoms with van der Waals surface area (Å²) < 4.78 is 28.0. The second-order valence-corrected chi connectivity index (χ2v) is 6.99. The average Bonchev–Trinajstić information content (AvgIpc) is 2.50. The van der Waals surface area contributed by atoms with Crippen LogP contribution in [0.4, 0.5) is 4.39 Å². The molecule has 0 bridgehead atoms. The highest BCUT2D eigenvalue weighted by atomic mass is 35.6. The van der Waals surface area contributed by atoms with Crippen LogP contribution in [0.2, 0.25) is 0 Å². The number of alkyl halides is 3. The summed E-state index contributed by atoms with van der Waals surface area (Å²) in [5.74, 6) is 0.340. The highest BCUT2D eigenvalue weighted by Gasteiger charge is 2.19. The van der Waals surface area contributed by atoms with Crippen LogP contribution in [0, 0.1) is 5.82 Å². The Morgan fingerprint density at radius 2 is 1.70 bits per heavy atom. The molecule has 0 radical (unpaired) electrons. The minimum absolute atomic E-state index is 0.0627. The smallest absolute Gasteiger partial charge is 0.256 e. The quantitative estimate of drug-likeness (QED) is 0.668. The fourth-order valence-electron chi connectivity index (χ4n) is 1.64. The van der Waals surface area contributed by atoms with E-state index in [1.807, 2.05) is 0 Å². The highest BCUT2D eigenvalue weighted by Crippen LogP contribution is 2.27. The van der Waals surface area contributed by atoms with E-state index in [-0.39, 0.29) is 19.1 Å². The number of nitrogens with zero attached hydrogens (tertiary/aromatic N) is 1. The molecule has 0 saturated carbocycles. The second-order valence-electron chi connectivity index (χ2n) is 4.48. The van der Waals surface area contributed by atoms with Crippen molar-refractivity contribution in [3.05, 3.63) is 47.9 Å². The van der Waals surface area contributed by atoms with Crippen molar-refractivity contribution >= 4 is 34.8 Å². The van der Waals surface area contributed by atoms with E-state index in [1.165, 1.54) is 12.1 Å². The third-order valence-electron chi connectivity index (χ3n) is 2.66. The van der Waals surface area contributed by atoms with Crippen molar-refractivity contribution in [3.8, 4) is 17.4 Å². The number of rotatable bonds is 6. The van der Waals surface area contributed by atoms with Gasteiger partial charge < -0.3 is 14.2 Å². The monoisotopic (exact) mass is 379 g/mol. The Hall–Kier alpha value is -1.27. The van der Waals surface area contributed by atoms with Gasteiger partial charge in [0.2, 0.25) is 3.79 Å². The molecule has 2 rings (SSSR count). The van der Waals surface area contributed by atoms with E-state index in [1.54, 1.807) is 31.4 Å². The van der Waals surface area contributed by atoms with Crippen LogP contribution in [-0.4, -0.2) is 22.5 Å². The molecule has 1 heterocycles. The first-order valence-corrected chi connectivity index (χ1v) is 7.62. The molecule has 0 N–H and O–H groups in total. The summed E-state index contributed by atoms with van der Waals surface area (Å²) in [7, 11) is 1.55. The molecule has 0 fully saturated rings. The molecule has 1 aromatic heterocycles. The molecule has 124 valence electrons. The van der Waals surface area contributed by atoms with Crippen LogP contribution in [0.1, 0.15) is 5.69 Å². The van der Waals surface area contributed by atoms with Gasteiger partial charge in [-0.15, -0.1) is 0 Å². The summed E-state index contributed by atoms with van der Waals surface area (Å²) in [6.45, 7) is -0.0431. The predicted octanol–water partition coefficient (Wildman–Crippen LogP) is 4.91. The van der Waals surface area contributed by atoms with Gasteiger partial charge in [0.1, 0.15) is 11.5 Å². The van der Waals surface area contributed by atoms with E-state index >= 15 is 0 Å². The molecule has 0 spiro atoms. The second kappa shape index (κ2) is 8.02. The van der Waals surface area contributed by atoms with Crippen LogP contribution >= 0.6 is 34.8 Å². The van der Waals surface area contributed by atoms with Gasteiger partial charge in [0.25, 0.3) is 5.88 Å². The van der Waals surface area contributed by atoms with Gasteiger partial charge in [-0.05, 0) is 36.4 Å². The van der Waals surface area contributed by atoms with Crippen LogP contribution in [0.3, 0.4) is 0 Å². The summed E-state index contributed by atoms with van der Waals surface area (Å²) in [5.41, 5.74) is 0.448. The third kappa shape index (κ3) is 6.03. The van der Waals surface area contributed by atoms with E-state index in [9.17, 15) is 4.39 Å². The number of halogens is 4. The van der Waals surface area contributed by atoms with Crippen LogP contribution < -0.4 is 9.47 Å². The lowest BCUT2D eigenvalue weighted by Crippen LogP contribution is -2.13. The predicted molar refractivity (Wildman–Crippen MR) is 87.2 cm³/mol. The van der Waals surface area contributed by atoms with Crippen LogP contribution in [-0.2, 0) is 11.3 Å². The minimum atomic E-state index is -1.51. The van der Waals surface area contributed by atoms with Crippen LogP contribution in [0.5, 0.6) is 17.4 Å². The highest BCUT2D eigenvalue weighted by molar-refractivity contribution is 6.67. The lowest BCUT2D eigenvalue weighted by Gasteiger charge is -2.12. The standard InChI is InChI=1S/C15H13Cl3FNO3/c1-21-11-3-5-12(6-4-11)23-14-13(19)7-2-10(20-14)8-22-9-15(16,17)18/h2-7H,8-9H2,1H3. The molecule has 0 aliphatic carbocycles. The number of aromatic nitrogens is 1. The number of pyridine rings is 1. The van der Waals surface area contributed by atoms with Crippen molar-refractivity contribution in [1.82, 2.24) is 4.98 Å². The summed E-state index contributed by atoms with van der Waals surface area (Å²) in [6, 6.07) is 9.38. The summed E-state index contributed by atoms with van der Waals surface area (Å²) in [4.78, 5) is 4.05. The zero-order valence-corrected chi connectivity index (χ0v) is 14.3. The van der Waals surface area contributed by atoms with E-state index in [4.69, 9.17) is 49.0 Å². The Balaban J connectivity index is 2.04. The molecule has 0 unspecified atom stereocenters. The first kappa shape index (κ1) is 18.1. The zero-order valence-electron chi connectivity index (χ0n) is 12.1.